The van der Waals surface area contributed by atoms with Crippen LogP contribution in [0.15, 0.2) is 6.07 Å². The molecule has 0 bridgehead atoms. The van der Waals surface area contributed by atoms with Crippen molar-refractivity contribution >= 4 is 5.69 Å². The van der Waals surface area contributed by atoms with E-state index in [0.717, 1.165) is 17.7 Å². The van der Waals surface area contributed by atoms with E-state index in [-0.39, 0.29) is 0 Å². The second-order valence-corrected chi connectivity index (χ2v) is 3.91. The molecule has 0 saturated heterocycles. The van der Waals surface area contributed by atoms with E-state index < -0.39 is 0 Å². The van der Waals surface area contributed by atoms with Crippen LogP contribution in [-0.2, 0) is 0 Å². The van der Waals surface area contributed by atoms with Crippen molar-refractivity contribution in [1.82, 2.24) is 0 Å². The van der Waals surface area contributed by atoms with E-state index in [0.29, 0.717) is 11.7 Å². The summed E-state index contributed by atoms with van der Waals surface area (Å²) in [7, 11) is 0. The van der Waals surface area contributed by atoms with Gasteiger partial charge in [-0.25, -0.2) is 0 Å². The third-order valence-corrected chi connectivity index (χ3v) is 2.88. The van der Waals surface area contributed by atoms with E-state index >= 15 is 0 Å². The normalized spacial score (nSPS) is 19.8. The number of phenols is 1. The molecule has 2 rings (SSSR count). The van der Waals surface area contributed by atoms with E-state index in [9.17, 15) is 5.11 Å². The molecule has 70 valence electrons. The predicted octanol–water partition coefficient (Wildman–Crippen LogP) is 2.54. The number of hydrogen-bond acceptors (Lipinski definition) is 2. The van der Waals surface area contributed by atoms with Gasteiger partial charge < -0.3 is 10.4 Å². The van der Waals surface area contributed by atoms with Gasteiger partial charge in [0.05, 0.1) is 0 Å². The zero-order chi connectivity index (χ0) is 9.59. The van der Waals surface area contributed by atoms with Gasteiger partial charge in [0.2, 0.25) is 0 Å². The van der Waals surface area contributed by atoms with Gasteiger partial charge in [-0.2, -0.15) is 0 Å². The Kier molecular flexibility index (Phi) is 1.72. The molecule has 0 aliphatic carbocycles. The van der Waals surface area contributed by atoms with Gasteiger partial charge in [-0.1, -0.05) is 6.92 Å². The maximum Gasteiger partial charge on any atom is 0.121 e. The number of nitrogens with one attached hydrogen (secondary N) is 1. The van der Waals surface area contributed by atoms with E-state index in [1.807, 2.05) is 19.9 Å². The minimum atomic E-state index is 0.453. The van der Waals surface area contributed by atoms with E-state index in [2.05, 4.69) is 12.2 Å². The molecule has 13 heavy (non-hydrogen) atoms. The topological polar surface area (TPSA) is 32.3 Å². The van der Waals surface area contributed by atoms with Gasteiger partial charge in [-0.3, -0.25) is 0 Å². The third-order valence-electron chi connectivity index (χ3n) is 2.88. The lowest BCUT2D eigenvalue weighted by atomic mass is 9.95. The first-order valence-corrected chi connectivity index (χ1v) is 4.68. The molecule has 0 fully saturated rings. The molecule has 1 atom stereocenters. The molecule has 1 heterocycles. The molecule has 1 aliphatic heterocycles. The highest BCUT2D eigenvalue weighted by molar-refractivity contribution is 5.66. The first-order chi connectivity index (χ1) is 6.11. The number of benzene rings is 1. The van der Waals surface area contributed by atoms with Crippen LogP contribution in [0.25, 0.3) is 0 Å². The van der Waals surface area contributed by atoms with Crippen molar-refractivity contribution in [2.24, 2.45) is 0 Å². The monoisotopic (exact) mass is 177 g/mol. The molecule has 0 amide bonds. The Morgan fingerprint density at radius 1 is 1.46 bits per heavy atom. The summed E-state index contributed by atoms with van der Waals surface area (Å²) in [4.78, 5) is 0. The summed E-state index contributed by atoms with van der Waals surface area (Å²) in [5.41, 5.74) is 4.47. The predicted molar refractivity (Wildman–Crippen MR) is 54.5 cm³/mol. The fourth-order valence-corrected chi connectivity index (χ4v) is 2.13. The quantitative estimate of drug-likeness (QED) is 0.597. The summed E-state index contributed by atoms with van der Waals surface area (Å²) < 4.78 is 0. The van der Waals surface area contributed by atoms with Gasteiger partial charge in [-0.05, 0) is 36.6 Å². The number of hydrogen-bond donors (Lipinski definition) is 2. The third kappa shape index (κ3) is 1.09. The second-order valence-electron chi connectivity index (χ2n) is 3.91. The highest BCUT2D eigenvalue weighted by Gasteiger charge is 2.22. The lowest BCUT2D eigenvalue weighted by molar-refractivity contribution is 0.466. The Hall–Kier alpha value is -1.18. The molecule has 1 aromatic rings. The molecule has 0 saturated carbocycles. The summed E-state index contributed by atoms with van der Waals surface area (Å²) in [5.74, 6) is 0.968. The molecular formula is C11H15NO. The lowest BCUT2D eigenvalue weighted by Gasteiger charge is -2.11. The minimum absolute atomic E-state index is 0.453. The molecule has 1 aliphatic rings. The van der Waals surface area contributed by atoms with Crippen LogP contribution in [0.4, 0.5) is 5.69 Å². The van der Waals surface area contributed by atoms with E-state index in [1.54, 1.807) is 0 Å². The average molecular weight is 177 g/mol. The van der Waals surface area contributed by atoms with E-state index in [4.69, 9.17) is 0 Å². The zero-order valence-corrected chi connectivity index (χ0v) is 8.31. The van der Waals surface area contributed by atoms with Gasteiger partial charge in [0.25, 0.3) is 0 Å². The molecular weight excluding hydrogens is 162 g/mol. The van der Waals surface area contributed by atoms with Crippen molar-refractivity contribution in [3.8, 4) is 5.75 Å². The van der Waals surface area contributed by atoms with Crippen LogP contribution in [0.3, 0.4) is 0 Å². The largest absolute Gasteiger partial charge is 0.507 e. The Labute approximate surface area is 78.6 Å². The van der Waals surface area contributed by atoms with Gasteiger partial charge >= 0.3 is 0 Å². The number of rotatable bonds is 0. The standard InChI is InChI=1S/C11H15NO/c1-6-4-9-10(7(2)5-12-9)8(3)11(6)13/h4,7,12-13H,5H2,1-3H3. The Balaban J connectivity index is 2.68. The second kappa shape index (κ2) is 2.66. The van der Waals surface area contributed by atoms with Crippen LogP contribution in [0.1, 0.15) is 29.5 Å². The van der Waals surface area contributed by atoms with Crippen molar-refractivity contribution in [3.63, 3.8) is 0 Å². The Morgan fingerprint density at radius 3 is 2.85 bits per heavy atom. The number of fused-ring (bicyclic) bond motifs is 1. The van der Waals surface area contributed by atoms with Crippen molar-refractivity contribution in [3.05, 3.63) is 22.8 Å². The van der Waals surface area contributed by atoms with Crippen LogP contribution >= 0.6 is 0 Å². The SMILES string of the molecule is Cc1cc2c(c(C)c1O)C(C)CN2. The van der Waals surface area contributed by atoms with Crippen LogP contribution in [-0.4, -0.2) is 11.7 Å². The molecule has 0 radical (unpaired) electrons. The Morgan fingerprint density at radius 2 is 2.15 bits per heavy atom. The van der Waals surface area contributed by atoms with Crippen LogP contribution in [0, 0.1) is 13.8 Å². The fourth-order valence-electron chi connectivity index (χ4n) is 2.13. The van der Waals surface area contributed by atoms with E-state index in [1.165, 1.54) is 11.3 Å². The number of anilines is 1. The van der Waals surface area contributed by atoms with Crippen LogP contribution in [0.2, 0.25) is 0 Å². The summed E-state index contributed by atoms with van der Waals surface area (Å²) in [6.45, 7) is 7.09. The molecule has 2 nitrogen and oxygen atoms in total. The number of aryl methyl sites for hydroxylation is 1. The first kappa shape index (κ1) is 8.42. The number of aromatic hydroxyl groups is 1. The van der Waals surface area contributed by atoms with Gasteiger partial charge in [0.15, 0.2) is 0 Å². The number of phenolic OH excluding ortho intramolecular Hbond substituents is 1. The average Bonchev–Trinajstić information content (AvgIpc) is 2.43. The van der Waals surface area contributed by atoms with Crippen molar-refractivity contribution in [2.75, 3.05) is 11.9 Å². The Bertz CT molecular complexity index is 358. The minimum Gasteiger partial charge on any atom is -0.507 e. The van der Waals surface area contributed by atoms with Crippen molar-refractivity contribution < 1.29 is 5.11 Å². The van der Waals surface area contributed by atoms with Crippen LogP contribution in [0.5, 0.6) is 5.75 Å². The van der Waals surface area contributed by atoms with Gasteiger partial charge in [-0.15, -0.1) is 0 Å². The zero-order valence-electron chi connectivity index (χ0n) is 8.31. The maximum absolute atomic E-state index is 9.76. The summed E-state index contributed by atoms with van der Waals surface area (Å²) in [6, 6.07) is 2.03. The summed E-state index contributed by atoms with van der Waals surface area (Å²) in [5, 5.41) is 13.1. The first-order valence-electron chi connectivity index (χ1n) is 4.68. The fraction of sp³-hybridized carbons (Fsp3) is 0.455. The molecule has 0 aromatic heterocycles. The highest BCUT2D eigenvalue weighted by atomic mass is 16.3. The van der Waals surface area contributed by atoms with Crippen LogP contribution < -0.4 is 5.32 Å². The van der Waals surface area contributed by atoms with Crippen molar-refractivity contribution in [2.45, 2.75) is 26.7 Å². The van der Waals surface area contributed by atoms with Gasteiger partial charge in [0.1, 0.15) is 5.75 Å². The molecule has 1 unspecified atom stereocenters. The van der Waals surface area contributed by atoms with Crippen molar-refractivity contribution in [1.29, 1.82) is 0 Å². The summed E-state index contributed by atoms with van der Waals surface area (Å²) >= 11 is 0. The van der Waals surface area contributed by atoms with Gasteiger partial charge in [0, 0.05) is 18.2 Å². The summed E-state index contributed by atoms with van der Waals surface area (Å²) in [6.07, 6.45) is 0. The molecule has 1 aromatic carbocycles. The molecule has 2 heteroatoms. The molecule has 0 spiro atoms. The molecule has 2 N–H and O–H groups in total. The maximum atomic E-state index is 9.76. The smallest absolute Gasteiger partial charge is 0.121 e. The highest BCUT2D eigenvalue weighted by Crippen LogP contribution is 2.39. The lowest BCUT2D eigenvalue weighted by Crippen LogP contribution is -1.96.